The van der Waals surface area contributed by atoms with E-state index in [4.69, 9.17) is 9.47 Å². The monoisotopic (exact) mass is 580 g/mol. The molecule has 1 unspecified atom stereocenters. The first-order valence-corrected chi connectivity index (χ1v) is 12.1. The van der Waals surface area contributed by atoms with E-state index in [0.29, 0.717) is 0 Å². The molecule has 0 heterocycles. The average molecular weight is 581 g/mol. The number of nitrogens with zero attached hydrogens (tertiary/aromatic N) is 3. The molecule has 218 valence electrons. The largest absolute Gasteiger partial charge is 0.426 e. The van der Waals surface area contributed by atoms with E-state index in [1.165, 1.54) is 36.4 Å². The molecule has 3 rings (SSSR count). The van der Waals surface area contributed by atoms with Crippen LogP contribution in [0.4, 0.5) is 17.1 Å². The Bertz CT molecular complexity index is 1480. The number of benzene rings is 3. The van der Waals surface area contributed by atoms with Gasteiger partial charge in [0.05, 0.1) is 32.8 Å². The van der Waals surface area contributed by atoms with E-state index in [2.05, 4.69) is 5.32 Å². The predicted molar refractivity (Wildman–Crippen MR) is 145 cm³/mol. The molecule has 0 saturated heterocycles. The lowest BCUT2D eigenvalue weighted by Gasteiger charge is -2.28. The highest BCUT2D eigenvalue weighted by atomic mass is 16.6. The van der Waals surface area contributed by atoms with Gasteiger partial charge in [-0.05, 0) is 38.5 Å². The number of non-ortho nitro benzene ring substituents is 3. The molecule has 1 N–H and O–H groups in total. The Morgan fingerprint density at radius 1 is 0.690 bits per heavy atom. The lowest BCUT2D eigenvalue weighted by molar-refractivity contribution is -0.385. The van der Waals surface area contributed by atoms with Crippen molar-refractivity contribution in [2.24, 2.45) is 5.92 Å². The van der Waals surface area contributed by atoms with Crippen molar-refractivity contribution in [3.05, 3.63) is 109 Å². The number of carbonyl (C=O) groups is 3. The molecule has 42 heavy (non-hydrogen) atoms. The van der Waals surface area contributed by atoms with Crippen LogP contribution in [0, 0.1) is 36.3 Å². The van der Waals surface area contributed by atoms with Gasteiger partial charge in [-0.1, -0.05) is 24.3 Å². The van der Waals surface area contributed by atoms with Crippen molar-refractivity contribution in [3.63, 3.8) is 0 Å². The van der Waals surface area contributed by atoms with Crippen molar-refractivity contribution in [1.29, 1.82) is 0 Å². The highest BCUT2D eigenvalue weighted by Gasteiger charge is 2.44. The molecule has 0 aliphatic carbocycles. The van der Waals surface area contributed by atoms with Crippen LogP contribution in [0.1, 0.15) is 32.3 Å². The summed E-state index contributed by atoms with van der Waals surface area (Å²) >= 11 is 0. The third kappa shape index (κ3) is 7.91. The maximum Gasteiger partial charge on any atom is 0.326 e. The number of esters is 2. The number of hydrogen-bond acceptors (Lipinski definition) is 11. The van der Waals surface area contributed by atoms with Gasteiger partial charge in [-0.2, -0.15) is 0 Å². The minimum atomic E-state index is -2.08. The quantitative estimate of drug-likeness (QED) is 0.118. The Morgan fingerprint density at radius 3 is 1.50 bits per heavy atom. The zero-order valence-corrected chi connectivity index (χ0v) is 22.4. The van der Waals surface area contributed by atoms with Gasteiger partial charge in [0.1, 0.15) is 11.5 Å². The summed E-state index contributed by atoms with van der Waals surface area (Å²) in [6.45, 7) is 4.90. The molecule has 15 nitrogen and oxygen atoms in total. The van der Waals surface area contributed by atoms with E-state index in [9.17, 15) is 44.7 Å². The second-order valence-electron chi connectivity index (χ2n) is 9.89. The summed E-state index contributed by atoms with van der Waals surface area (Å²) in [5.41, 5.74) is -2.04. The second-order valence-corrected chi connectivity index (χ2v) is 9.89. The minimum absolute atomic E-state index is 0.000616. The molecule has 0 fully saturated rings. The SMILES string of the molecule is CC(C)(C)NC(=O)C(c1ccc([N+](=O)[O-])cc1)C(C(=O)Oc1cccc([N+](=O)[O-])c1)C(=O)Oc1cccc([N+](=O)[O-])c1. The Labute approximate surface area is 237 Å². The summed E-state index contributed by atoms with van der Waals surface area (Å²) in [6, 6.07) is 13.5. The van der Waals surface area contributed by atoms with Gasteiger partial charge in [-0.25, -0.2) is 0 Å². The summed E-state index contributed by atoms with van der Waals surface area (Å²) < 4.78 is 10.6. The summed E-state index contributed by atoms with van der Waals surface area (Å²) in [6.07, 6.45) is 0. The van der Waals surface area contributed by atoms with Crippen molar-refractivity contribution >= 4 is 34.9 Å². The van der Waals surface area contributed by atoms with Crippen LogP contribution in [0.3, 0.4) is 0 Å². The molecule has 0 saturated carbocycles. The number of nitrogens with one attached hydrogen (secondary N) is 1. The second kappa shape index (κ2) is 12.6. The van der Waals surface area contributed by atoms with Gasteiger partial charge in [0.2, 0.25) is 5.91 Å². The zero-order chi connectivity index (χ0) is 31.2. The van der Waals surface area contributed by atoms with Crippen LogP contribution in [0.5, 0.6) is 11.5 Å². The molecule has 0 bridgehead atoms. The number of nitro benzene ring substituents is 3. The molecule has 0 radical (unpaired) electrons. The molecule has 3 aromatic rings. The number of ether oxygens (including phenoxy) is 2. The van der Waals surface area contributed by atoms with Gasteiger partial charge in [0.25, 0.3) is 17.1 Å². The van der Waals surface area contributed by atoms with Crippen molar-refractivity contribution in [2.45, 2.75) is 32.2 Å². The molecule has 3 aromatic carbocycles. The molecular formula is C27H24N4O11. The zero-order valence-electron chi connectivity index (χ0n) is 22.4. The minimum Gasteiger partial charge on any atom is -0.426 e. The molecular weight excluding hydrogens is 556 g/mol. The highest BCUT2D eigenvalue weighted by molar-refractivity contribution is 6.03. The van der Waals surface area contributed by atoms with Crippen LogP contribution in [-0.2, 0) is 14.4 Å². The van der Waals surface area contributed by atoms with Crippen LogP contribution < -0.4 is 14.8 Å². The fourth-order valence-electron chi connectivity index (χ4n) is 3.79. The predicted octanol–water partition coefficient (Wildman–Crippen LogP) is 4.24. The average Bonchev–Trinajstić information content (AvgIpc) is 2.90. The topological polar surface area (TPSA) is 211 Å². The first kappa shape index (κ1) is 30.8. The van der Waals surface area contributed by atoms with Crippen molar-refractivity contribution in [3.8, 4) is 11.5 Å². The van der Waals surface area contributed by atoms with Crippen LogP contribution in [0.25, 0.3) is 0 Å². The summed E-state index contributed by atoms with van der Waals surface area (Å²) in [5, 5.41) is 36.2. The standard InChI is InChI=1S/C27H24N4O11/c1-27(2,3)28-24(32)22(16-10-12-17(13-11-16)29(35)36)23(25(33)41-20-8-4-6-18(14-20)30(37)38)26(34)42-21-9-5-7-19(15-21)31(39)40/h4-15,22-23H,1-3H3,(H,28,32). The van der Waals surface area contributed by atoms with Crippen LogP contribution >= 0.6 is 0 Å². The summed E-state index contributed by atoms with van der Waals surface area (Å²) in [5.74, 6) is -7.94. The van der Waals surface area contributed by atoms with E-state index in [1.807, 2.05) is 0 Å². The Balaban J connectivity index is 2.13. The molecule has 15 heteroatoms. The Morgan fingerprint density at radius 2 is 1.12 bits per heavy atom. The maximum absolute atomic E-state index is 13.6. The highest BCUT2D eigenvalue weighted by Crippen LogP contribution is 2.32. The molecule has 0 aliphatic rings. The van der Waals surface area contributed by atoms with Crippen LogP contribution in [0.2, 0.25) is 0 Å². The lowest BCUT2D eigenvalue weighted by atomic mass is 9.84. The lowest BCUT2D eigenvalue weighted by Crippen LogP contribution is -2.48. The molecule has 1 atom stereocenters. The van der Waals surface area contributed by atoms with Gasteiger partial charge < -0.3 is 14.8 Å². The third-order valence-corrected chi connectivity index (χ3v) is 5.58. The van der Waals surface area contributed by atoms with Gasteiger partial charge in [-0.3, -0.25) is 44.7 Å². The number of carbonyl (C=O) groups excluding carboxylic acids is 3. The normalized spacial score (nSPS) is 11.7. The number of amides is 1. The van der Waals surface area contributed by atoms with E-state index >= 15 is 0 Å². The molecule has 0 aromatic heterocycles. The number of nitro groups is 3. The van der Waals surface area contributed by atoms with E-state index in [-0.39, 0.29) is 22.7 Å². The van der Waals surface area contributed by atoms with Crippen LogP contribution in [-0.4, -0.2) is 38.2 Å². The molecule has 0 aliphatic heterocycles. The summed E-state index contributed by atoms with van der Waals surface area (Å²) in [4.78, 5) is 72.2. The van der Waals surface area contributed by atoms with Crippen molar-refractivity contribution in [2.75, 3.05) is 0 Å². The smallest absolute Gasteiger partial charge is 0.326 e. The fourth-order valence-corrected chi connectivity index (χ4v) is 3.79. The van der Waals surface area contributed by atoms with Crippen molar-refractivity contribution in [1.82, 2.24) is 5.32 Å². The first-order chi connectivity index (χ1) is 19.7. The number of rotatable bonds is 10. The molecule has 0 spiro atoms. The first-order valence-electron chi connectivity index (χ1n) is 12.1. The third-order valence-electron chi connectivity index (χ3n) is 5.58. The van der Waals surface area contributed by atoms with Gasteiger partial charge in [-0.15, -0.1) is 0 Å². The Hall–Kier alpha value is -5.73. The number of hydrogen-bond donors (Lipinski definition) is 1. The molecule has 1 amide bonds. The fraction of sp³-hybridized carbons (Fsp3) is 0.222. The van der Waals surface area contributed by atoms with E-state index < -0.39 is 61.4 Å². The maximum atomic E-state index is 13.6. The van der Waals surface area contributed by atoms with E-state index in [1.54, 1.807) is 20.8 Å². The van der Waals surface area contributed by atoms with Gasteiger partial charge in [0.15, 0.2) is 5.92 Å². The van der Waals surface area contributed by atoms with E-state index in [0.717, 1.165) is 36.4 Å². The van der Waals surface area contributed by atoms with Gasteiger partial charge >= 0.3 is 11.9 Å². The Kier molecular flexibility index (Phi) is 9.26. The van der Waals surface area contributed by atoms with Gasteiger partial charge in [0, 0.05) is 29.8 Å². The van der Waals surface area contributed by atoms with Crippen LogP contribution in [0.15, 0.2) is 72.8 Å². The summed E-state index contributed by atoms with van der Waals surface area (Å²) in [7, 11) is 0. The van der Waals surface area contributed by atoms with Crippen molar-refractivity contribution < 1.29 is 38.6 Å².